The van der Waals surface area contributed by atoms with Crippen molar-refractivity contribution in [2.24, 2.45) is 5.92 Å². The zero-order valence-corrected chi connectivity index (χ0v) is 11.2. The molecule has 104 valence electrons. The molecule has 0 radical (unpaired) electrons. The number of hydrogen-bond acceptors (Lipinski definition) is 4. The minimum atomic E-state index is -3.38. The van der Waals surface area contributed by atoms with Gasteiger partial charge in [0.1, 0.15) is 0 Å². The van der Waals surface area contributed by atoms with Crippen molar-refractivity contribution >= 4 is 21.9 Å². The van der Waals surface area contributed by atoms with E-state index in [1.165, 1.54) is 7.05 Å². The average Bonchev–Trinajstić information content (AvgIpc) is 2.64. The highest BCUT2D eigenvalue weighted by Crippen LogP contribution is 2.25. The molecule has 1 fully saturated rings. The maximum atomic E-state index is 11.6. The summed E-state index contributed by atoms with van der Waals surface area (Å²) in [6, 6.07) is -0.174. The molecule has 2 N–H and O–H groups in total. The van der Waals surface area contributed by atoms with E-state index in [-0.39, 0.29) is 12.6 Å². The number of amides is 1. The van der Waals surface area contributed by atoms with Gasteiger partial charge in [0.2, 0.25) is 15.9 Å². The van der Waals surface area contributed by atoms with Crippen molar-refractivity contribution in [1.29, 1.82) is 0 Å². The second-order valence-electron chi connectivity index (χ2n) is 4.63. The molecule has 2 atom stereocenters. The first kappa shape index (κ1) is 14.9. The molecule has 0 saturated heterocycles. The number of sulfonamides is 1. The zero-order valence-electron chi connectivity index (χ0n) is 10.4. The molecule has 0 spiro atoms. The van der Waals surface area contributed by atoms with Gasteiger partial charge in [0, 0.05) is 13.1 Å². The van der Waals surface area contributed by atoms with Crippen LogP contribution < -0.4 is 5.32 Å². The zero-order chi connectivity index (χ0) is 13.9. The Labute approximate surface area is 106 Å². The maximum Gasteiger partial charge on any atom is 0.306 e. The summed E-state index contributed by atoms with van der Waals surface area (Å²) in [5.74, 6) is -1.66. The van der Waals surface area contributed by atoms with Crippen LogP contribution in [0.2, 0.25) is 0 Å². The molecule has 8 heteroatoms. The van der Waals surface area contributed by atoms with Crippen LogP contribution >= 0.6 is 0 Å². The molecule has 7 nitrogen and oxygen atoms in total. The number of carboxylic acid groups (broad SMARTS) is 1. The van der Waals surface area contributed by atoms with Gasteiger partial charge in [0.25, 0.3) is 0 Å². The van der Waals surface area contributed by atoms with E-state index < -0.39 is 27.8 Å². The Morgan fingerprint density at radius 2 is 2.00 bits per heavy atom. The summed E-state index contributed by atoms with van der Waals surface area (Å²) in [4.78, 5) is 22.3. The van der Waals surface area contributed by atoms with E-state index in [1.54, 1.807) is 0 Å². The molecule has 0 bridgehead atoms. The van der Waals surface area contributed by atoms with Crippen LogP contribution in [0.4, 0.5) is 0 Å². The highest BCUT2D eigenvalue weighted by molar-refractivity contribution is 7.88. The molecule has 0 aliphatic heterocycles. The molecular formula is C10H18N2O5S. The summed E-state index contributed by atoms with van der Waals surface area (Å²) in [5.41, 5.74) is 0. The van der Waals surface area contributed by atoms with Crippen molar-refractivity contribution in [3.8, 4) is 0 Å². The molecule has 1 amide bonds. The van der Waals surface area contributed by atoms with Gasteiger partial charge in [0.15, 0.2) is 0 Å². The van der Waals surface area contributed by atoms with Gasteiger partial charge in [-0.05, 0) is 19.3 Å². The molecule has 1 saturated carbocycles. The Morgan fingerprint density at radius 3 is 2.44 bits per heavy atom. The molecule has 1 aliphatic carbocycles. The van der Waals surface area contributed by atoms with Crippen molar-refractivity contribution in [3.05, 3.63) is 0 Å². The number of aliphatic carboxylic acids is 1. The van der Waals surface area contributed by atoms with Crippen LogP contribution in [0.1, 0.15) is 19.3 Å². The van der Waals surface area contributed by atoms with Crippen LogP contribution in [0.5, 0.6) is 0 Å². The number of likely N-dealkylation sites (N-methyl/N-ethyl adjacent to an activating group) is 1. The standard InChI is InChI=1S/C10H18N2O5S/c1-12(18(2,16)17)6-9(13)11-8-4-3-7(5-8)10(14)15/h7-8H,3-6H2,1-2H3,(H,11,13)(H,14,15)/t7-,8+/m1/s1. The number of carbonyl (C=O) groups is 2. The van der Waals surface area contributed by atoms with Gasteiger partial charge < -0.3 is 10.4 Å². The fourth-order valence-electron chi connectivity index (χ4n) is 1.93. The summed E-state index contributed by atoms with van der Waals surface area (Å²) < 4.78 is 23.2. The van der Waals surface area contributed by atoms with Gasteiger partial charge >= 0.3 is 5.97 Å². The number of carbonyl (C=O) groups excluding carboxylic acids is 1. The largest absolute Gasteiger partial charge is 0.481 e. The first-order valence-corrected chi connectivity index (χ1v) is 7.48. The molecule has 0 aromatic rings. The lowest BCUT2D eigenvalue weighted by Gasteiger charge is -2.16. The Morgan fingerprint density at radius 1 is 1.39 bits per heavy atom. The Kier molecular flexibility index (Phi) is 4.69. The van der Waals surface area contributed by atoms with Crippen LogP contribution in [0.25, 0.3) is 0 Å². The van der Waals surface area contributed by atoms with Gasteiger partial charge in [-0.25, -0.2) is 8.42 Å². The molecule has 0 unspecified atom stereocenters. The fraction of sp³-hybridized carbons (Fsp3) is 0.800. The smallest absolute Gasteiger partial charge is 0.306 e. The van der Waals surface area contributed by atoms with Gasteiger partial charge in [-0.1, -0.05) is 0 Å². The highest BCUT2D eigenvalue weighted by atomic mass is 32.2. The van der Waals surface area contributed by atoms with E-state index in [0.29, 0.717) is 19.3 Å². The monoisotopic (exact) mass is 278 g/mol. The summed E-state index contributed by atoms with van der Waals surface area (Å²) in [5, 5.41) is 11.5. The minimum absolute atomic E-state index is 0.174. The lowest BCUT2D eigenvalue weighted by Crippen LogP contribution is -2.41. The number of rotatable bonds is 5. The average molecular weight is 278 g/mol. The third-order valence-corrected chi connectivity index (χ3v) is 4.34. The van der Waals surface area contributed by atoms with Crippen molar-refractivity contribution in [1.82, 2.24) is 9.62 Å². The summed E-state index contributed by atoms with van der Waals surface area (Å²) in [6.07, 6.45) is 2.59. The van der Waals surface area contributed by atoms with E-state index in [0.717, 1.165) is 10.6 Å². The highest BCUT2D eigenvalue weighted by Gasteiger charge is 2.30. The van der Waals surface area contributed by atoms with E-state index in [4.69, 9.17) is 5.11 Å². The van der Waals surface area contributed by atoms with Crippen LogP contribution in [-0.4, -0.2) is 55.6 Å². The van der Waals surface area contributed by atoms with Crippen LogP contribution in [0, 0.1) is 5.92 Å². The van der Waals surface area contributed by atoms with E-state index in [2.05, 4.69) is 5.32 Å². The summed E-state index contributed by atoms with van der Waals surface area (Å²) >= 11 is 0. The first-order valence-electron chi connectivity index (χ1n) is 5.63. The molecular weight excluding hydrogens is 260 g/mol. The first-order chi connectivity index (χ1) is 8.20. The molecule has 18 heavy (non-hydrogen) atoms. The van der Waals surface area contributed by atoms with E-state index in [1.807, 2.05) is 0 Å². The summed E-state index contributed by atoms with van der Waals surface area (Å²) in [7, 11) is -2.05. The van der Waals surface area contributed by atoms with Crippen LogP contribution in [0.3, 0.4) is 0 Å². The predicted octanol–water partition coefficient (Wildman–Crippen LogP) is -0.753. The lowest BCUT2D eigenvalue weighted by atomic mass is 10.1. The van der Waals surface area contributed by atoms with Crippen molar-refractivity contribution in [3.63, 3.8) is 0 Å². The van der Waals surface area contributed by atoms with E-state index >= 15 is 0 Å². The molecule has 1 rings (SSSR count). The molecule has 0 aromatic heterocycles. The minimum Gasteiger partial charge on any atom is -0.481 e. The number of nitrogens with zero attached hydrogens (tertiary/aromatic N) is 1. The predicted molar refractivity (Wildman–Crippen MR) is 64.4 cm³/mol. The van der Waals surface area contributed by atoms with Gasteiger partial charge in [-0.3, -0.25) is 9.59 Å². The quantitative estimate of drug-likeness (QED) is 0.688. The molecule has 0 heterocycles. The van der Waals surface area contributed by atoms with Crippen LogP contribution in [0.15, 0.2) is 0 Å². The third-order valence-electron chi connectivity index (χ3n) is 3.08. The normalized spacial score (nSPS) is 24.2. The van der Waals surface area contributed by atoms with Crippen LogP contribution in [-0.2, 0) is 19.6 Å². The molecule has 0 aromatic carbocycles. The summed E-state index contributed by atoms with van der Waals surface area (Å²) in [6.45, 7) is -0.243. The van der Waals surface area contributed by atoms with Crippen molar-refractivity contribution in [2.75, 3.05) is 19.8 Å². The Hall–Kier alpha value is -1.15. The van der Waals surface area contributed by atoms with Gasteiger partial charge in [-0.15, -0.1) is 0 Å². The third kappa shape index (κ3) is 4.26. The van der Waals surface area contributed by atoms with Crippen molar-refractivity contribution < 1.29 is 23.1 Å². The maximum absolute atomic E-state index is 11.6. The fourth-order valence-corrected chi connectivity index (χ4v) is 2.28. The topological polar surface area (TPSA) is 104 Å². The number of carboxylic acids is 1. The SMILES string of the molecule is CN(CC(=O)N[C@H]1CC[C@@H](C(=O)O)C1)S(C)(=O)=O. The lowest BCUT2D eigenvalue weighted by molar-refractivity contribution is -0.141. The van der Waals surface area contributed by atoms with Gasteiger partial charge in [-0.2, -0.15) is 4.31 Å². The van der Waals surface area contributed by atoms with Gasteiger partial charge in [0.05, 0.1) is 18.7 Å². The Bertz CT molecular complexity index is 434. The molecule has 1 aliphatic rings. The second-order valence-corrected chi connectivity index (χ2v) is 6.72. The Balaban J connectivity index is 2.41. The number of hydrogen-bond donors (Lipinski definition) is 2. The van der Waals surface area contributed by atoms with Crippen molar-refractivity contribution in [2.45, 2.75) is 25.3 Å². The number of nitrogens with one attached hydrogen (secondary N) is 1. The van der Waals surface area contributed by atoms with E-state index in [9.17, 15) is 18.0 Å². The second kappa shape index (κ2) is 5.66.